The van der Waals surface area contributed by atoms with E-state index in [-0.39, 0.29) is 5.54 Å². The molecule has 2 atom stereocenters. The summed E-state index contributed by atoms with van der Waals surface area (Å²) in [7, 11) is 1.80. The zero-order valence-corrected chi connectivity index (χ0v) is 10.7. The van der Waals surface area contributed by atoms with Gasteiger partial charge in [0.2, 0.25) is 0 Å². The maximum atomic E-state index is 5.53. The Balaban J connectivity index is 1.84. The van der Waals surface area contributed by atoms with Crippen LogP contribution in [0.3, 0.4) is 0 Å². The molecule has 2 unspecified atom stereocenters. The number of hydrogen-bond donors (Lipinski definition) is 1. The number of nitrogens with zero attached hydrogens (tertiary/aromatic N) is 1. The van der Waals surface area contributed by atoms with Crippen molar-refractivity contribution in [2.45, 2.75) is 38.0 Å². The lowest BCUT2D eigenvalue weighted by atomic mass is 10.0. The lowest BCUT2D eigenvalue weighted by Crippen LogP contribution is -2.56. The first-order valence-electron chi connectivity index (χ1n) is 6.21. The second-order valence-corrected chi connectivity index (χ2v) is 5.51. The Morgan fingerprint density at radius 1 is 1.50 bits per heavy atom. The fourth-order valence-electron chi connectivity index (χ4n) is 2.60. The van der Waals surface area contributed by atoms with E-state index in [2.05, 4.69) is 24.1 Å². The molecule has 0 bridgehead atoms. The average Bonchev–Trinajstić information content (AvgIpc) is 2.69. The molecular weight excluding hydrogens is 204 g/mol. The van der Waals surface area contributed by atoms with Crippen LogP contribution in [0.5, 0.6) is 0 Å². The van der Waals surface area contributed by atoms with E-state index in [0.717, 1.165) is 39.3 Å². The van der Waals surface area contributed by atoms with E-state index in [1.807, 2.05) is 0 Å². The van der Waals surface area contributed by atoms with Crippen LogP contribution in [0.2, 0.25) is 0 Å². The van der Waals surface area contributed by atoms with Gasteiger partial charge in [0.25, 0.3) is 0 Å². The highest BCUT2D eigenvalue weighted by Gasteiger charge is 2.34. The van der Waals surface area contributed by atoms with Crippen LogP contribution in [0.4, 0.5) is 0 Å². The van der Waals surface area contributed by atoms with Crippen molar-refractivity contribution in [2.75, 3.05) is 40.0 Å². The van der Waals surface area contributed by atoms with E-state index in [1.54, 1.807) is 7.11 Å². The minimum absolute atomic E-state index is 0.172. The van der Waals surface area contributed by atoms with Crippen molar-refractivity contribution >= 4 is 0 Å². The number of methoxy groups -OCH3 is 1. The van der Waals surface area contributed by atoms with Crippen molar-refractivity contribution < 1.29 is 9.47 Å². The molecule has 0 aromatic heterocycles. The quantitative estimate of drug-likeness (QED) is 0.761. The summed E-state index contributed by atoms with van der Waals surface area (Å²) in [5, 5.41) is 3.54. The minimum atomic E-state index is 0.172. The molecule has 1 N–H and O–H groups in total. The normalized spacial score (nSPS) is 35.4. The van der Waals surface area contributed by atoms with Crippen molar-refractivity contribution in [3.8, 4) is 0 Å². The molecule has 2 aliphatic heterocycles. The summed E-state index contributed by atoms with van der Waals surface area (Å²) in [6.07, 6.45) is 1.53. The molecule has 4 heteroatoms. The summed E-state index contributed by atoms with van der Waals surface area (Å²) in [5.74, 6) is 0. The van der Waals surface area contributed by atoms with Crippen molar-refractivity contribution in [2.24, 2.45) is 0 Å². The molecule has 0 saturated carbocycles. The lowest BCUT2D eigenvalue weighted by molar-refractivity contribution is -0.0541. The largest absolute Gasteiger partial charge is 0.380 e. The van der Waals surface area contributed by atoms with E-state index in [4.69, 9.17) is 9.47 Å². The summed E-state index contributed by atoms with van der Waals surface area (Å²) in [6, 6.07) is 0.572. The van der Waals surface area contributed by atoms with Gasteiger partial charge in [0.1, 0.15) is 0 Å². The van der Waals surface area contributed by atoms with Gasteiger partial charge in [0.05, 0.1) is 19.3 Å². The minimum Gasteiger partial charge on any atom is -0.380 e. The van der Waals surface area contributed by atoms with Crippen LogP contribution < -0.4 is 5.32 Å². The molecule has 94 valence electrons. The molecule has 0 radical (unpaired) electrons. The Hall–Kier alpha value is -0.160. The van der Waals surface area contributed by atoms with Crippen LogP contribution in [0, 0.1) is 0 Å². The van der Waals surface area contributed by atoms with Gasteiger partial charge in [0.15, 0.2) is 0 Å². The van der Waals surface area contributed by atoms with E-state index in [0.29, 0.717) is 12.1 Å². The van der Waals surface area contributed by atoms with Gasteiger partial charge < -0.3 is 14.8 Å². The molecular formula is C12H24N2O2. The van der Waals surface area contributed by atoms with E-state index in [1.165, 1.54) is 0 Å². The van der Waals surface area contributed by atoms with E-state index in [9.17, 15) is 0 Å². The van der Waals surface area contributed by atoms with Crippen molar-refractivity contribution in [1.82, 2.24) is 10.2 Å². The van der Waals surface area contributed by atoms with Gasteiger partial charge in [-0.25, -0.2) is 0 Å². The summed E-state index contributed by atoms with van der Waals surface area (Å²) in [4.78, 5) is 2.53. The van der Waals surface area contributed by atoms with Gasteiger partial charge in [-0.05, 0) is 20.3 Å². The maximum Gasteiger partial charge on any atom is 0.0711 e. The number of ether oxygens (including phenoxy) is 2. The van der Waals surface area contributed by atoms with Crippen molar-refractivity contribution in [3.05, 3.63) is 0 Å². The first-order valence-corrected chi connectivity index (χ1v) is 6.21. The number of rotatable bonds is 3. The van der Waals surface area contributed by atoms with Gasteiger partial charge in [-0.15, -0.1) is 0 Å². The Bertz CT molecular complexity index is 233. The van der Waals surface area contributed by atoms with Crippen LogP contribution in [-0.2, 0) is 9.47 Å². The Labute approximate surface area is 98.3 Å². The summed E-state index contributed by atoms with van der Waals surface area (Å²) in [6.45, 7) is 9.37. The fourth-order valence-corrected chi connectivity index (χ4v) is 2.60. The zero-order chi connectivity index (χ0) is 11.6. The third-order valence-corrected chi connectivity index (χ3v) is 3.77. The Kier molecular flexibility index (Phi) is 3.85. The highest BCUT2D eigenvalue weighted by Crippen LogP contribution is 2.21. The Morgan fingerprint density at radius 2 is 2.31 bits per heavy atom. The standard InChI is InChI=1S/C12H24N2O2/c1-12(2)9-16-5-4-14(12)8-10-6-11(15-3)7-13-10/h10-11,13H,4-9H2,1-3H3. The van der Waals surface area contributed by atoms with E-state index < -0.39 is 0 Å². The zero-order valence-electron chi connectivity index (χ0n) is 10.7. The maximum absolute atomic E-state index is 5.53. The third kappa shape index (κ3) is 2.74. The predicted octanol–water partition coefficient (Wildman–Crippen LogP) is 0.474. The molecule has 0 aromatic rings. The highest BCUT2D eigenvalue weighted by atomic mass is 16.5. The van der Waals surface area contributed by atoms with Crippen LogP contribution in [-0.4, -0.2) is 62.5 Å². The topological polar surface area (TPSA) is 33.7 Å². The first kappa shape index (κ1) is 12.3. The fraction of sp³-hybridized carbons (Fsp3) is 1.00. The molecule has 2 fully saturated rings. The van der Waals surface area contributed by atoms with Crippen LogP contribution in [0.1, 0.15) is 20.3 Å². The molecule has 2 saturated heterocycles. The SMILES string of the molecule is COC1CNC(CN2CCOCC2(C)C)C1. The third-order valence-electron chi connectivity index (χ3n) is 3.77. The Morgan fingerprint density at radius 3 is 2.94 bits per heavy atom. The van der Waals surface area contributed by atoms with Gasteiger partial charge in [-0.2, -0.15) is 0 Å². The van der Waals surface area contributed by atoms with E-state index >= 15 is 0 Å². The number of hydrogen-bond acceptors (Lipinski definition) is 4. The van der Waals surface area contributed by atoms with Gasteiger partial charge in [-0.3, -0.25) is 4.90 Å². The molecule has 4 nitrogen and oxygen atoms in total. The average molecular weight is 228 g/mol. The molecule has 0 aliphatic carbocycles. The lowest BCUT2D eigenvalue weighted by Gasteiger charge is -2.43. The highest BCUT2D eigenvalue weighted by molar-refractivity contribution is 4.90. The van der Waals surface area contributed by atoms with Gasteiger partial charge >= 0.3 is 0 Å². The molecule has 2 heterocycles. The number of morpholine rings is 1. The smallest absolute Gasteiger partial charge is 0.0711 e. The second kappa shape index (κ2) is 5.00. The molecule has 2 aliphatic rings. The first-order chi connectivity index (χ1) is 7.62. The summed E-state index contributed by atoms with van der Waals surface area (Å²) >= 11 is 0. The van der Waals surface area contributed by atoms with Crippen LogP contribution in [0.25, 0.3) is 0 Å². The molecule has 16 heavy (non-hydrogen) atoms. The number of nitrogens with one attached hydrogen (secondary N) is 1. The molecule has 0 spiro atoms. The predicted molar refractivity (Wildman–Crippen MR) is 63.7 cm³/mol. The molecule has 2 rings (SSSR count). The summed E-state index contributed by atoms with van der Waals surface area (Å²) < 4.78 is 10.9. The van der Waals surface area contributed by atoms with Crippen molar-refractivity contribution in [1.29, 1.82) is 0 Å². The summed E-state index contributed by atoms with van der Waals surface area (Å²) in [5.41, 5.74) is 0.172. The van der Waals surface area contributed by atoms with Gasteiger partial charge in [0, 0.05) is 38.3 Å². The van der Waals surface area contributed by atoms with Crippen molar-refractivity contribution in [3.63, 3.8) is 0 Å². The molecule has 0 amide bonds. The monoisotopic (exact) mass is 228 g/mol. The molecule has 0 aromatic carbocycles. The van der Waals surface area contributed by atoms with Crippen LogP contribution >= 0.6 is 0 Å². The second-order valence-electron chi connectivity index (χ2n) is 5.51. The van der Waals surface area contributed by atoms with Gasteiger partial charge in [-0.1, -0.05) is 0 Å². The van der Waals surface area contributed by atoms with Crippen LogP contribution in [0.15, 0.2) is 0 Å².